The first-order valence-electron chi connectivity index (χ1n) is 14.6. The topological polar surface area (TPSA) is 110 Å². The van der Waals surface area contributed by atoms with E-state index in [1.165, 1.54) is 12.1 Å². The van der Waals surface area contributed by atoms with Crippen LogP contribution in [-0.4, -0.2) is 43.8 Å². The molecule has 9 nitrogen and oxygen atoms in total. The van der Waals surface area contributed by atoms with Crippen molar-refractivity contribution in [3.8, 4) is 0 Å². The van der Waals surface area contributed by atoms with Crippen LogP contribution in [0, 0.1) is 22.0 Å². The third-order valence-electron chi connectivity index (χ3n) is 8.21. The van der Waals surface area contributed by atoms with Crippen LogP contribution < -0.4 is 5.32 Å². The van der Waals surface area contributed by atoms with E-state index < -0.39 is 4.92 Å². The predicted molar refractivity (Wildman–Crippen MR) is 162 cm³/mol. The minimum Gasteiger partial charge on any atom is -0.351 e. The normalized spacial score (nSPS) is 14.3. The van der Waals surface area contributed by atoms with E-state index in [4.69, 9.17) is 0 Å². The fourth-order valence-electron chi connectivity index (χ4n) is 5.33. The number of carbonyl (C=O) groups excluding carboxylic acids is 2. The van der Waals surface area contributed by atoms with E-state index in [-0.39, 0.29) is 41.8 Å². The molecule has 2 amide bonds. The molecule has 0 unspecified atom stereocenters. The SMILES string of the molecule is CC[C@H](C)[C@@H](CN(Cc1cccc2ccccc12)C(=O)C1CC1)NC(=O)Cc1cncn1Cc1ccc([N+](=O)[O-])cc1. The molecule has 218 valence electrons. The monoisotopic (exact) mass is 567 g/mol. The molecule has 1 aromatic heterocycles. The molecule has 1 fully saturated rings. The number of nitro groups is 1. The summed E-state index contributed by atoms with van der Waals surface area (Å²) < 4.78 is 1.88. The van der Waals surface area contributed by atoms with Crippen LogP contribution >= 0.6 is 0 Å². The molecule has 1 saturated carbocycles. The lowest BCUT2D eigenvalue weighted by atomic mass is 9.97. The zero-order valence-corrected chi connectivity index (χ0v) is 24.1. The van der Waals surface area contributed by atoms with Crippen molar-refractivity contribution in [2.45, 2.75) is 58.7 Å². The molecule has 0 bridgehead atoms. The van der Waals surface area contributed by atoms with Gasteiger partial charge in [-0.2, -0.15) is 0 Å². The van der Waals surface area contributed by atoms with Gasteiger partial charge < -0.3 is 14.8 Å². The lowest BCUT2D eigenvalue weighted by Gasteiger charge is -2.32. The molecule has 0 aliphatic heterocycles. The zero-order chi connectivity index (χ0) is 29.6. The molecule has 1 N–H and O–H groups in total. The average molecular weight is 568 g/mol. The lowest BCUT2D eigenvalue weighted by molar-refractivity contribution is -0.384. The highest BCUT2D eigenvalue weighted by atomic mass is 16.6. The summed E-state index contributed by atoms with van der Waals surface area (Å²) in [6, 6.07) is 20.6. The molecular weight excluding hydrogens is 530 g/mol. The van der Waals surface area contributed by atoms with Gasteiger partial charge in [-0.3, -0.25) is 19.7 Å². The van der Waals surface area contributed by atoms with Crippen molar-refractivity contribution < 1.29 is 14.5 Å². The van der Waals surface area contributed by atoms with Crippen molar-refractivity contribution in [3.63, 3.8) is 0 Å². The Kier molecular flexibility index (Phi) is 8.95. The molecule has 1 aliphatic rings. The number of rotatable bonds is 13. The fraction of sp³-hybridized carbons (Fsp3) is 0.364. The molecule has 0 radical (unpaired) electrons. The van der Waals surface area contributed by atoms with Gasteiger partial charge in [-0.15, -0.1) is 0 Å². The van der Waals surface area contributed by atoms with Crippen LogP contribution in [0.1, 0.15) is 49.9 Å². The van der Waals surface area contributed by atoms with Gasteiger partial charge in [0.2, 0.25) is 11.8 Å². The molecule has 3 aromatic carbocycles. The molecule has 0 saturated heterocycles. The first-order chi connectivity index (χ1) is 20.3. The highest BCUT2D eigenvalue weighted by molar-refractivity contribution is 5.87. The Hall–Kier alpha value is -4.53. The number of amides is 2. The maximum atomic E-state index is 13.5. The van der Waals surface area contributed by atoms with Crippen LogP contribution in [0.2, 0.25) is 0 Å². The summed E-state index contributed by atoms with van der Waals surface area (Å²) in [5, 5.41) is 16.5. The minimum atomic E-state index is -0.425. The molecular formula is C33H37N5O4. The number of imidazole rings is 1. The number of benzene rings is 3. The first-order valence-corrected chi connectivity index (χ1v) is 14.6. The second-order valence-corrected chi connectivity index (χ2v) is 11.3. The van der Waals surface area contributed by atoms with E-state index in [0.29, 0.717) is 19.6 Å². The molecule has 42 heavy (non-hydrogen) atoms. The van der Waals surface area contributed by atoms with Crippen molar-refractivity contribution in [1.82, 2.24) is 19.8 Å². The van der Waals surface area contributed by atoms with Crippen molar-refractivity contribution in [1.29, 1.82) is 0 Å². The van der Waals surface area contributed by atoms with E-state index in [0.717, 1.165) is 46.9 Å². The Balaban J connectivity index is 1.29. The minimum absolute atomic E-state index is 0.0368. The van der Waals surface area contributed by atoms with Gasteiger partial charge in [0.1, 0.15) is 0 Å². The van der Waals surface area contributed by atoms with E-state index >= 15 is 0 Å². The zero-order valence-electron chi connectivity index (χ0n) is 24.1. The number of carbonyl (C=O) groups is 2. The number of nitrogens with zero attached hydrogens (tertiary/aromatic N) is 4. The Morgan fingerprint density at radius 2 is 1.83 bits per heavy atom. The Bertz CT molecular complexity index is 1550. The summed E-state index contributed by atoms with van der Waals surface area (Å²) in [7, 11) is 0. The van der Waals surface area contributed by atoms with Crippen LogP contribution in [0.3, 0.4) is 0 Å². The van der Waals surface area contributed by atoms with Gasteiger partial charge in [0.15, 0.2) is 0 Å². The largest absolute Gasteiger partial charge is 0.351 e. The average Bonchev–Trinajstić information content (AvgIpc) is 3.76. The predicted octanol–water partition coefficient (Wildman–Crippen LogP) is 5.51. The van der Waals surface area contributed by atoms with E-state index in [2.05, 4.69) is 48.4 Å². The highest BCUT2D eigenvalue weighted by Gasteiger charge is 2.35. The maximum absolute atomic E-state index is 13.5. The van der Waals surface area contributed by atoms with Crippen molar-refractivity contribution in [2.24, 2.45) is 11.8 Å². The lowest BCUT2D eigenvalue weighted by Crippen LogP contribution is -2.49. The van der Waals surface area contributed by atoms with E-state index in [1.54, 1.807) is 24.7 Å². The molecule has 5 rings (SSSR count). The van der Waals surface area contributed by atoms with Gasteiger partial charge in [0, 0.05) is 55.6 Å². The third kappa shape index (κ3) is 7.02. The van der Waals surface area contributed by atoms with Gasteiger partial charge >= 0.3 is 0 Å². The molecule has 1 aliphatic carbocycles. The standard InChI is InChI=1S/C33H37N5O4/c1-3-23(2)31(21-36(33(40)26-13-14-26)20-27-9-6-8-25-7-4-5-10-30(25)27)35-32(39)17-29-18-34-22-37(29)19-24-11-15-28(16-12-24)38(41)42/h4-12,15-16,18,22-23,26,31H,3,13-14,17,19-21H2,1-2H3,(H,35,39)/t23-,31+/m0/s1. The van der Waals surface area contributed by atoms with E-state index in [9.17, 15) is 19.7 Å². The first kappa shape index (κ1) is 29.0. The molecule has 1 heterocycles. The van der Waals surface area contributed by atoms with Crippen molar-refractivity contribution >= 4 is 28.3 Å². The number of aromatic nitrogens is 2. The number of non-ortho nitro benzene ring substituents is 1. The van der Waals surface area contributed by atoms with Gasteiger partial charge in [-0.25, -0.2) is 4.98 Å². The van der Waals surface area contributed by atoms with Crippen molar-refractivity contribution in [2.75, 3.05) is 6.54 Å². The third-order valence-corrected chi connectivity index (χ3v) is 8.21. The molecule has 2 atom stereocenters. The number of nitro benzene ring substituents is 1. The number of hydrogen-bond donors (Lipinski definition) is 1. The summed E-state index contributed by atoms with van der Waals surface area (Å²) in [6.45, 7) is 5.61. The van der Waals surface area contributed by atoms with Gasteiger partial charge in [-0.1, -0.05) is 74.9 Å². The summed E-state index contributed by atoms with van der Waals surface area (Å²) >= 11 is 0. The number of nitrogens with one attached hydrogen (secondary N) is 1. The second-order valence-electron chi connectivity index (χ2n) is 11.3. The van der Waals surface area contributed by atoms with Gasteiger partial charge in [0.05, 0.1) is 17.7 Å². The summed E-state index contributed by atoms with van der Waals surface area (Å²) in [5.41, 5.74) is 2.76. The summed E-state index contributed by atoms with van der Waals surface area (Å²) in [6.07, 6.45) is 6.18. The smallest absolute Gasteiger partial charge is 0.269 e. The second kappa shape index (κ2) is 13.0. The van der Waals surface area contributed by atoms with Crippen LogP contribution in [0.4, 0.5) is 5.69 Å². The number of hydrogen-bond acceptors (Lipinski definition) is 5. The number of fused-ring (bicyclic) bond motifs is 1. The van der Waals surface area contributed by atoms with Crippen LogP contribution in [0.25, 0.3) is 10.8 Å². The van der Waals surface area contributed by atoms with Gasteiger partial charge in [-0.05, 0) is 40.7 Å². The van der Waals surface area contributed by atoms with Crippen molar-refractivity contribution in [3.05, 3.63) is 106 Å². The quantitative estimate of drug-likeness (QED) is 0.169. The molecule has 9 heteroatoms. The highest BCUT2D eigenvalue weighted by Crippen LogP contribution is 2.32. The summed E-state index contributed by atoms with van der Waals surface area (Å²) in [5.74, 6) is 0.268. The Morgan fingerprint density at radius 1 is 1.10 bits per heavy atom. The van der Waals surface area contributed by atoms with E-state index in [1.807, 2.05) is 27.7 Å². The molecule has 4 aromatic rings. The Labute approximate surface area is 245 Å². The van der Waals surface area contributed by atoms with Gasteiger partial charge in [0.25, 0.3) is 5.69 Å². The van der Waals surface area contributed by atoms with Crippen LogP contribution in [-0.2, 0) is 29.1 Å². The molecule has 0 spiro atoms. The maximum Gasteiger partial charge on any atom is 0.269 e. The Morgan fingerprint density at radius 3 is 2.55 bits per heavy atom. The van der Waals surface area contributed by atoms with Crippen LogP contribution in [0.5, 0.6) is 0 Å². The van der Waals surface area contributed by atoms with Crippen LogP contribution in [0.15, 0.2) is 79.3 Å². The summed E-state index contributed by atoms with van der Waals surface area (Å²) in [4.78, 5) is 43.6. The fourth-order valence-corrected chi connectivity index (χ4v) is 5.33.